The van der Waals surface area contributed by atoms with E-state index in [1.54, 1.807) is 19.4 Å². The summed E-state index contributed by atoms with van der Waals surface area (Å²) in [6.45, 7) is 3.02. The number of hydrogen-bond acceptors (Lipinski definition) is 6. The first-order chi connectivity index (χ1) is 11.2. The number of hydrogen-bond donors (Lipinski definition) is 2. The van der Waals surface area contributed by atoms with E-state index in [0.717, 1.165) is 11.3 Å². The summed E-state index contributed by atoms with van der Waals surface area (Å²) in [4.78, 5) is 35.6. The molecule has 2 amide bonds. The van der Waals surface area contributed by atoms with E-state index < -0.39 is 23.9 Å². The maximum atomic E-state index is 12.2. The molecular weight excluding hydrogens is 356 g/mol. The van der Waals surface area contributed by atoms with Crippen molar-refractivity contribution in [2.24, 2.45) is 12.8 Å². The first kappa shape index (κ1) is 18.0. The van der Waals surface area contributed by atoms with Crippen molar-refractivity contribution in [2.75, 3.05) is 5.32 Å². The van der Waals surface area contributed by atoms with Gasteiger partial charge in [0.2, 0.25) is 0 Å². The van der Waals surface area contributed by atoms with Crippen LogP contribution in [0.3, 0.4) is 0 Å². The van der Waals surface area contributed by atoms with Gasteiger partial charge in [-0.2, -0.15) is 5.10 Å². The maximum Gasteiger partial charge on any atom is 0.343 e. The Morgan fingerprint density at radius 1 is 1.46 bits per heavy atom. The number of halogens is 1. The van der Waals surface area contributed by atoms with Crippen LogP contribution in [-0.2, 0) is 16.6 Å². The molecule has 0 aliphatic carbocycles. The van der Waals surface area contributed by atoms with Gasteiger partial charge >= 0.3 is 5.97 Å². The third-order valence-electron chi connectivity index (χ3n) is 3.18. The fourth-order valence-electron chi connectivity index (χ4n) is 1.95. The van der Waals surface area contributed by atoms with E-state index in [-0.39, 0.29) is 16.3 Å². The predicted octanol–water partition coefficient (Wildman–Crippen LogP) is 1.73. The number of aromatic nitrogens is 2. The van der Waals surface area contributed by atoms with Crippen molar-refractivity contribution >= 4 is 45.7 Å². The molecule has 2 heterocycles. The van der Waals surface area contributed by atoms with Crippen LogP contribution >= 0.6 is 22.9 Å². The zero-order valence-electron chi connectivity index (χ0n) is 13.1. The Kier molecular flexibility index (Phi) is 5.25. The first-order valence-corrected chi connectivity index (χ1v) is 8.06. The van der Waals surface area contributed by atoms with Crippen molar-refractivity contribution in [3.63, 3.8) is 0 Å². The highest BCUT2D eigenvalue weighted by molar-refractivity contribution is 7.14. The Balaban J connectivity index is 2.07. The van der Waals surface area contributed by atoms with E-state index in [9.17, 15) is 14.4 Å². The topological polar surface area (TPSA) is 116 Å². The van der Waals surface area contributed by atoms with Crippen molar-refractivity contribution in [2.45, 2.75) is 20.0 Å². The molecule has 2 rings (SSSR count). The van der Waals surface area contributed by atoms with Gasteiger partial charge in [-0.05, 0) is 25.3 Å². The molecule has 0 unspecified atom stereocenters. The third kappa shape index (κ3) is 3.57. The number of nitrogens with zero attached hydrogens (tertiary/aromatic N) is 2. The van der Waals surface area contributed by atoms with Gasteiger partial charge in [0.1, 0.15) is 15.7 Å². The molecule has 10 heteroatoms. The van der Waals surface area contributed by atoms with E-state index in [4.69, 9.17) is 22.1 Å². The standard InChI is InChI=1S/C14H15ClN4O4S/c1-6-9(10(15)19(3)18-6)14(22)23-7(2)12(21)17-13-8(11(16)20)4-5-24-13/h4-5,7H,1-3H3,(H2,16,20)(H,17,21)/t7-/m0/s1. The lowest BCUT2D eigenvalue weighted by molar-refractivity contribution is -0.123. The summed E-state index contributed by atoms with van der Waals surface area (Å²) in [6, 6.07) is 1.50. The molecule has 128 valence electrons. The Labute approximate surface area is 146 Å². The molecule has 0 aliphatic rings. The summed E-state index contributed by atoms with van der Waals surface area (Å²) in [5.74, 6) is -2.01. The largest absolute Gasteiger partial charge is 0.449 e. The second kappa shape index (κ2) is 7.02. The molecule has 1 atom stereocenters. The number of thiophene rings is 1. The van der Waals surface area contributed by atoms with Crippen LogP contribution in [0, 0.1) is 6.92 Å². The van der Waals surface area contributed by atoms with Crippen molar-refractivity contribution < 1.29 is 19.1 Å². The number of carbonyl (C=O) groups is 3. The van der Waals surface area contributed by atoms with Crippen LogP contribution in [0.1, 0.15) is 33.3 Å². The molecule has 0 aliphatic heterocycles. The number of aryl methyl sites for hydroxylation is 2. The minimum atomic E-state index is -1.10. The van der Waals surface area contributed by atoms with E-state index in [1.165, 1.54) is 17.7 Å². The fourth-order valence-corrected chi connectivity index (χ4v) is 3.00. The predicted molar refractivity (Wildman–Crippen MR) is 89.3 cm³/mol. The van der Waals surface area contributed by atoms with E-state index in [0.29, 0.717) is 10.7 Å². The molecule has 8 nitrogen and oxygen atoms in total. The molecule has 3 N–H and O–H groups in total. The van der Waals surface area contributed by atoms with Gasteiger partial charge in [-0.1, -0.05) is 11.6 Å². The molecule has 0 bridgehead atoms. The van der Waals surface area contributed by atoms with Gasteiger partial charge in [0.25, 0.3) is 11.8 Å². The Morgan fingerprint density at radius 2 is 2.12 bits per heavy atom. The van der Waals surface area contributed by atoms with Crippen molar-refractivity contribution in [1.29, 1.82) is 0 Å². The summed E-state index contributed by atoms with van der Waals surface area (Å²) >= 11 is 7.13. The van der Waals surface area contributed by atoms with Gasteiger partial charge in [-0.15, -0.1) is 11.3 Å². The smallest absolute Gasteiger partial charge is 0.343 e. The number of nitrogens with one attached hydrogen (secondary N) is 1. The second-order valence-electron chi connectivity index (χ2n) is 4.94. The third-order valence-corrected chi connectivity index (χ3v) is 4.44. The lowest BCUT2D eigenvalue weighted by Crippen LogP contribution is -2.30. The van der Waals surface area contributed by atoms with E-state index >= 15 is 0 Å². The first-order valence-electron chi connectivity index (χ1n) is 6.80. The number of amides is 2. The SMILES string of the molecule is Cc1nn(C)c(Cl)c1C(=O)O[C@@H](C)C(=O)Nc1sccc1C(N)=O. The second-order valence-corrected chi connectivity index (χ2v) is 6.21. The number of nitrogens with two attached hydrogens (primary N) is 1. The lowest BCUT2D eigenvalue weighted by Gasteiger charge is -2.13. The van der Waals surface area contributed by atoms with Crippen LogP contribution in [-0.4, -0.2) is 33.7 Å². The summed E-state index contributed by atoms with van der Waals surface area (Å²) < 4.78 is 6.46. The quantitative estimate of drug-likeness (QED) is 0.777. The van der Waals surface area contributed by atoms with Gasteiger partial charge in [0.05, 0.1) is 11.3 Å². The highest BCUT2D eigenvalue weighted by Gasteiger charge is 2.25. The van der Waals surface area contributed by atoms with Crippen LogP contribution in [0.5, 0.6) is 0 Å². The number of anilines is 1. The van der Waals surface area contributed by atoms with Gasteiger partial charge < -0.3 is 15.8 Å². The van der Waals surface area contributed by atoms with Crippen LogP contribution < -0.4 is 11.1 Å². The molecule has 0 aromatic carbocycles. The van der Waals surface area contributed by atoms with E-state index in [1.807, 2.05) is 0 Å². The van der Waals surface area contributed by atoms with Crippen molar-refractivity contribution in [3.05, 3.63) is 33.4 Å². The van der Waals surface area contributed by atoms with Gasteiger partial charge in [0.15, 0.2) is 6.10 Å². The highest BCUT2D eigenvalue weighted by atomic mass is 35.5. The van der Waals surface area contributed by atoms with Gasteiger partial charge in [-0.25, -0.2) is 4.79 Å². The van der Waals surface area contributed by atoms with Crippen molar-refractivity contribution in [3.8, 4) is 0 Å². The molecule has 0 spiro atoms. The summed E-state index contributed by atoms with van der Waals surface area (Å²) in [5.41, 5.74) is 5.90. The Hall–Kier alpha value is -2.39. The molecule has 2 aromatic rings. The van der Waals surface area contributed by atoms with Gasteiger partial charge in [0, 0.05) is 7.05 Å². The Morgan fingerprint density at radius 3 is 2.67 bits per heavy atom. The van der Waals surface area contributed by atoms with Crippen molar-refractivity contribution in [1.82, 2.24) is 9.78 Å². The molecule has 24 heavy (non-hydrogen) atoms. The minimum absolute atomic E-state index is 0.104. The number of rotatable bonds is 5. The fraction of sp³-hybridized carbons (Fsp3) is 0.286. The molecule has 0 fully saturated rings. The lowest BCUT2D eigenvalue weighted by atomic mass is 10.2. The molecular formula is C14H15ClN4O4S. The normalized spacial score (nSPS) is 11.8. The molecule has 0 saturated heterocycles. The average Bonchev–Trinajstić information content (AvgIpc) is 3.04. The monoisotopic (exact) mass is 370 g/mol. The van der Waals surface area contributed by atoms with Gasteiger partial charge in [-0.3, -0.25) is 14.3 Å². The molecule has 0 saturated carbocycles. The Bertz CT molecular complexity index is 814. The zero-order chi connectivity index (χ0) is 18.0. The minimum Gasteiger partial charge on any atom is -0.449 e. The highest BCUT2D eigenvalue weighted by Crippen LogP contribution is 2.24. The maximum absolute atomic E-state index is 12.2. The molecule has 2 aromatic heterocycles. The van der Waals surface area contributed by atoms with Crippen LogP contribution in [0.2, 0.25) is 5.15 Å². The molecule has 0 radical (unpaired) electrons. The number of esters is 1. The average molecular weight is 371 g/mol. The number of primary amides is 1. The zero-order valence-corrected chi connectivity index (χ0v) is 14.7. The van der Waals surface area contributed by atoms with Crippen LogP contribution in [0.4, 0.5) is 5.00 Å². The summed E-state index contributed by atoms with van der Waals surface area (Å²) in [5, 5.41) is 8.56. The van der Waals surface area contributed by atoms with Crippen LogP contribution in [0.25, 0.3) is 0 Å². The number of carbonyl (C=O) groups excluding carboxylic acids is 3. The summed E-state index contributed by atoms with van der Waals surface area (Å²) in [6.07, 6.45) is -1.10. The van der Waals surface area contributed by atoms with Crippen LogP contribution in [0.15, 0.2) is 11.4 Å². The number of ether oxygens (including phenoxy) is 1. The van der Waals surface area contributed by atoms with E-state index in [2.05, 4.69) is 10.4 Å². The summed E-state index contributed by atoms with van der Waals surface area (Å²) in [7, 11) is 1.59.